The van der Waals surface area contributed by atoms with Crippen molar-refractivity contribution in [3.8, 4) is 0 Å². The molecule has 1 heterocycles. The normalized spacial score (nSPS) is 20.8. The molecule has 1 aromatic carbocycles. The lowest BCUT2D eigenvalue weighted by molar-refractivity contribution is -0.140. The minimum Gasteiger partial charge on any atom is -0.460 e. The molecule has 24 heavy (non-hydrogen) atoms. The van der Waals surface area contributed by atoms with E-state index in [1.165, 1.54) is 0 Å². The largest absolute Gasteiger partial charge is 0.460 e. The summed E-state index contributed by atoms with van der Waals surface area (Å²) in [5.41, 5.74) is 2.50. The average Bonchev–Trinajstić information content (AvgIpc) is 3.40. The Hall–Kier alpha value is -1.92. The van der Waals surface area contributed by atoms with Gasteiger partial charge >= 0.3 is 5.97 Å². The fourth-order valence-corrected chi connectivity index (χ4v) is 3.39. The van der Waals surface area contributed by atoms with Crippen molar-refractivity contribution in [3.63, 3.8) is 0 Å². The van der Waals surface area contributed by atoms with Crippen LogP contribution in [0.2, 0.25) is 0 Å². The summed E-state index contributed by atoms with van der Waals surface area (Å²) in [6.07, 6.45) is 2.20. The van der Waals surface area contributed by atoms with Crippen molar-refractivity contribution < 1.29 is 14.3 Å². The van der Waals surface area contributed by atoms with Gasteiger partial charge < -0.3 is 19.7 Å². The average molecular weight is 346 g/mol. The molecule has 0 spiro atoms. The molecule has 0 aromatic heterocycles. The Kier molecular flexibility index (Phi) is 5.16. The van der Waals surface area contributed by atoms with Crippen LogP contribution >= 0.6 is 12.2 Å². The molecule has 0 amide bonds. The van der Waals surface area contributed by atoms with Gasteiger partial charge in [-0.25, -0.2) is 4.79 Å². The van der Waals surface area contributed by atoms with Gasteiger partial charge in [-0.05, 0) is 37.5 Å². The summed E-state index contributed by atoms with van der Waals surface area (Å²) in [4.78, 5) is 14.8. The number of esters is 1. The number of ether oxygens (including phenoxy) is 2. The minimum atomic E-state index is -0.320. The van der Waals surface area contributed by atoms with Crippen molar-refractivity contribution >= 4 is 23.3 Å². The maximum Gasteiger partial charge on any atom is 0.338 e. The van der Waals surface area contributed by atoms with Crippen LogP contribution in [0.5, 0.6) is 0 Å². The number of hydrogen-bond donors (Lipinski definition) is 1. The molecule has 1 aliphatic heterocycles. The van der Waals surface area contributed by atoms with Gasteiger partial charge in [-0.1, -0.05) is 30.3 Å². The van der Waals surface area contributed by atoms with Gasteiger partial charge in [0.15, 0.2) is 5.11 Å². The topological polar surface area (TPSA) is 50.8 Å². The van der Waals surface area contributed by atoms with Gasteiger partial charge in [0.25, 0.3) is 0 Å². The summed E-state index contributed by atoms with van der Waals surface area (Å²) in [5, 5.41) is 4.00. The third-order valence-electron chi connectivity index (χ3n) is 4.31. The monoisotopic (exact) mass is 346 g/mol. The van der Waals surface area contributed by atoms with Crippen LogP contribution in [0.3, 0.4) is 0 Å². The van der Waals surface area contributed by atoms with Gasteiger partial charge in [-0.15, -0.1) is 0 Å². The fraction of sp³-hybridized carbons (Fsp3) is 0.444. The Labute approximate surface area is 147 Å². The standard InChI is InChI=1S/C18H22N2O3S/c1-12-15(17(21)23-11-10-22-2)16(13-6-4-3-5-7-13)19-18(24)20(12)14-8-9-14/h3-7,14,16H,8-11H2,1-2H3,(H,19,24). The lowest BCUT2D eigenvalue weighted by atomic mass is 9.95. The Morgan fingerprint density at radius 1 is 1.29 bits per heavy atom. The number of allylic oxidation sites excluding steroid dienone is 1. The van der Waals surface area contributed by atoms with Gasteiger partial charge in [-0.3, -0.25) is 0 Å². The van der Waals surface area contributed by atoms with Crippen LogP contribution in [-0.4, -0.2) is 42.3 Å². The molecule has 1 aliphatic carbocycles. The van der Waals surface area contributed by atoms with Gasteiger partial charge in [0.1, 0.15) is 6.61 Å². The molecule has 1 aromatic rings. The number of nitrogens with zero attached hydrogens (tertiary/aromatic N) is 1. The van der Waals surface area contributed by atoms with E-state index >= 15 is 0 Å². The molecule has 0 bridgehead atoms. The van der Waals surface area contributed by atoms with Crippen molar-refractivity contribution in [2.24, 2.45) is 0 Å². The molecule has 128 valence electrons. The Bertz CT molecular complexity index is 655. The summed E-state index contributed by atoms with van der Waals surface area (Å²) in [7, 11) is 1.58. The number of carbonyl (C=O) groups excluding carboxylic acids is 1. The lowest BCUT2D eigenvalue weighted by Gasteiger charge is -2.37. The number of hydrogen-bond acceptors (Lipinski definition) is 4. The Morgan fingerprint density at radius 3 is 2.62 bits per heavy atom. The highest BCUT2D eigenvalue weighted by atomic mass is 32.1. The number of benzene rings is 1. The molecule has 1 fully saturated rings. The molecule has 1 atom stereocenters. The zero-order valence-corrected chi connectivity index (χ0v) is 14.8. The summed E-state index contributed by atoms with van der Waals surface area (Å²) in [6, 6.07) is 9.94. The highest BCUT2D eigenvalue weighted by Crippen LogP contribution is 2.37. The molecule has 1 unspecified atom stereocenters. The first-order valence-electron chi connectivity index (χ1n) is 8.15. The maximum absolute atomic E-state index is 12.7. The van der Waals surface area contributed by atoms with Crippen LogP contribution in [0.4, 0.5) is 0 Å². The van der Waals surface area contributed by atoms with Crippen LogP contribution < -0.4 is 5.32 Å². The van der Waals surface area contributed by atoms with E-state index in [9.17, 15) is 4.79 Å². The number of carbonyl (C=O) groups is 1. The van der Waals surface area contributed by atoms with Crippen LogP contribution in [0.25, 0.3) is 0 Å². The van der Waals surface area contributed by atoms with Crippen LogP contribution in [-0.2, 0) is 14.3 Å². The second kappa shape index (κ2) is 7.32. The molecule has 0 saturated heterocycles. The highest BCUT2D eigenvalue weighted by molar-refractivity contribution is 7.80. The van der Waals surface area contributed by atoms with E-state index < -0.39 is 0 Å². The molecule has 5 nitrogen and oxygen atoms in total. The van der Waals surface area contributed by atoms with Gasteiger partial charge in [0, 0.05) is 18.8 Å². The number of nitrogens with one attached hydrogen (secondary N) is 1. The molecular formula is C18H22N2O3S. The minimum absolute atomic E-state index is 0.238. The summed E-state index contributed by atoms with van der Waals surface area (Å²) < 4.78 is 10.4. The van der Waals surface area contributed by atoms with E-state index in [-0.39, 0.29) is 18.6 Å². The second-order valence-electron chi connectivity index (χ2n) is 6.02. The first-order valence-corrected chi connectivity index (χ1v) is 8.55. The molecule has 2 aliphatic rings. The quantitative estimate of drug-likeness (QED) is 0.485. The third-order valence-corrected chi connectivity index (χ3v) is 4.63. The van der Waals surface area contributed by atoms with Crippen LogP contribution in [0.1, 0.15) is 31.4 Å². The first kappa shape index (κ1) is 16.9. The third kappa shape index (κ3) is 3.44. The summed E-state index contributed by atoms with van der Waals surface area (Å²) in [6.45, 7) is 2.57. The van der Waals surface area contributed by atoms with Gasteiger partial charge in [-0.2, -0.15) is 0 Å². The fourth-order valence-electron chi connectivity index (χ4n) is 2.99. The molecule has 3 rings (SSSR count). The van der Waals surface area contributed by atoms with Crippen molar-refractivity contribution in [3.05, 3.63) is 47.2 Å². The van der Waals surface area contributed by atoms with E-state index in [0.717, 1.165) is 24.1 Å². The SMILES string of the molecule is COCCOC(=O)C1=C(C)N(C2CC2)C(=S)NC1c1ccccc1. The molecule has 0 radical (unpaired) electrons. The molecule has 1 N–H and O–H groups in total. The second-order valence-corrected chi connectivity index (χ2v) is 6.41. The Morgan fingerprint density at radius 2 is 2.00 bits per heavy atom. The van der Waals surface area contributed by atoms with E-state index in [2.05, 4.69) is 10.2 Å². The predicted octanol–water partition coefficient (Wildman–Crippen LogP) is 2.54. The van der Waals surface area contributed by atoms with Crippen molar-refractivity contribution in [2.75, 3.05) is 20.3 Å². The molecular weight excluding hydrogens is 324 g/mol. The van der Waals surface area contributed by atoms with E-state index in [4.69, 9.17) is 21.7 Å². The smallest absolute Gasteiger partial charge is 0.338 e. The first-order chi connectivity index (χ1) is 11.6. The maximum atomic E-state index is 12.7. The van der Waals surface area contributed by atoms with E-state index in [1.807, 2.05) is 37.3 Å². The predicted molar refractivity (Wildman–Crippen MR) is 95.3 cm³/mol. The van der Waals surface area contributed by atoms with E-state index in [1.54, 1.807) is 7.11 Å². The summed E-state index contributed by atoms with van der Waals surface area (Å²) in [5.74, 6) is -0.320. The molecule has 1 saturated carbocycles. The summed E-state index contributed by atoms with van der Waals surface area (Å²) >= 11 is 5.55. The van der Waals surface area contributed by atoms with Crippen molar-refractivity contribution in [1.29, 1.82) is 0 Å². The van der Waals surface area contributed by atoms with Crippen molar-refractivity contribution in [1.82, 2.24) is 10.2 Å². The zero-order chi connectivity index (χ0) is 17.1. The highest BCUT2D eigenvalue weighted by Gasteiger charge is 2.40. The van der Waals surface area contributed by atoms with Gasteiger partial charge in [0.2, 0.25) is 0 Å². The Balaban J connectivity index is 1.94. The van der Waals surface area contributed by atoms with Crippen LogP contribution in [0.15, 0.2) is 41.6 Å². The van der Waals surface area contributed by atoms with E-state index in [0.29, 0.717) is 23.3 Å². The zero-order valence-electron chi connectivity index (χ0n) is 14.0. The van der Waals surface area contributed by atoms with Gasteiger partial charge in [0.05, 0.1) is 18.2 Å². The molecule has 6 heteroatoms. The number of methoxy groups -OCH3 is 1. The number of thiocarbonyl (C=S) groups is 1. The number of rotatable bonds is 6. The van der Waals surface area contributed by atoms with Crippen LogP contribution in [0, 0.1) is 0 Å². The lowest BCUT2D eigenvalue weighted by Crippen LogP contribution is -2.48. The van der Waals surface area contributed by atoms with Crippen molar-refractivity contribution in [2.45, 2.75) is 31.8 Å².